The molecule has 1 heterocycles. The van der Waals surface area contributed by atoms with Gasteiger partial charge in [-0.25, -0.2) is 0 Å². The molecular weight excluding hydrogens is 268 g/mol. The van der Waals surface area contributed by atoms with Crippen molar-refractivity contribution in [3.8, 4) is 5.75 Å². The van der Waals surface area contributed by atoms with Crippen molar-refractivity contribution < 1.29 is 14.3 Å². The number of carbonyl (C=O) groups is 2. The van der Waals surface area contributed by atoms with Gasteiger partial charge >= 0.3 is 0 Å². The number of hydrogen-bond acceptors (Lipinski definition) is 3. The molecule has 1 aromatic rings. The summed E-state index contributed by atoms with van der Waals surface area (Å²) in [6.45, 7) is 4.50. The second-order valence-electron chi connectivity index (χ2n) is 5.42. The average Bonchev–Trinajstić information content (AvgIpc) is 2.64. The minimum atomic E-state index is -0.443. The lowest BCUT2D eigenvalue weighted by Gasteiger charge is -2.16. The highest BCUT2D eigenvalue weighted by Crippen LogP contribution is 2.22. The number of carbonyl (C=O) groups excluding carboxylic acids is 2. The maximum absolute atomic E-state index is 11.9. The van der Waals surface area contributed by atoms with E-state index in [9.17, 15) is 9.59 Å². The van der Waals surface area contributed by atoms with Gasteiger partial charge < -0.3 is 15.4 Å². The summed E-state index contributed by atoms with van der Waals surface area (Å²) in [6, 6.07) is 5.40. The van der Waals surface area contributed by atoms with Gasteiger partial charge in [0.1, 0.15) is 11.8 Å². The number of aryl methyl sites for hydroxylation is 2. The molecule has 0 aromatic heterocycles. The quantitative estimate of drug-likeness (QED) is 0.882. The smallest absolute Gasteiger partial charge is 0.258 e. The average molecular weight is 290 g/mol. The molecule has 0 radical (unpaired) electrons. The molecule has 1 aliphatic heterocycles. The molecule has 1 atom stereocenters. The minimum Gasteiger partial charge on any atom is -0.483 e. The summed E-state index contributed by atoms with van der Waals surface area (Å²) in [5.74, 6) is 0.366. The number of amides is 2. The largest absolute Gasteiger partial charge is 0.483 e. The van der Waals surface area contributed by atoms with Crippen LogP contribution in [0.4, 0.5) is 0 Å². The first-order valence-electron chi connectivity index (χ1n) is 7.34. The number of benzene rings is 1. The van der Waals surface area contributed by atoms with E-state index in [4.69, 9.17) is 4.74 Å². The van der Waals surface area contributed by atoms with Crippen LogP contribution in [0, 0.1) is 13.8 Å². The van der Waals surface area contributed by atoms with Gasteiger partial charge in [0, 0.05) is 6.54 Å². The molecule has 0 saturated carbocycles. The van der Waals surface area contributed by atoms with Gasteiger partial charge in [0.15, 0.2) is 6.61 Å². The van der Waals surface area contributed by atoms with E-state index in [0.717, 1.165) is 29.7 Å². The van der Waals surface area contributed by atoms with E-state index >= 15 is 0 Å². The standard InChI is InChI=1S/C16H22N2O3/c1-11-6-5-7-12(2)15(11)21-10-14(19)18-13-8-3-4-9-17-16(13)20/h5-7,13H,3-4,8-10H2,1-2H3,(H,17,20)(H,18,19)/t13-/m0/s1. The first kappa shape index (κ1) is 15.4. The van der Waals surface area contributed by atoms with E-state index in [0.29, 0.717) is 13.0 Å². The van der Waals surface area contributed by atoms with E-state index in [1.165, 1.54) is 0 Å². The fraction of sp³-hybridized carbons (Fsp3) is 0.500. The van der Waals surface area contributed by atoms with E-state index in [1.54, 1.807) is 0 Å². The Bertz CT molecular complexity index is 508. The Labute approximate surface area is 125 Å². The highest BCUT2D eigenvalue weighted by Gasteiger charge is 2.22. The molecule has 5 nitrogen and oxygen atoms in total. The summed E-state index contributed by atoms with van der Waals surface area (Å²) >= 11 is 0. The van der Waals surface area contributed by atoms with Crippen molar-refractivity contribution in [3.63, 3.8) is 0 Å². The van der Waals surface area contributed by atoms with Crippen LogP contribution in [0.3, 0.4) is 0 Å². The Kier molecular flexibility index (Phi) is 5.20. The predicted molar refractivity (Wildman–Crippen MR) is 80.2 cm³/mol. The third-order valence-corrected chi connectivity index (χ3v) is 3.63. The second kappa shape index (κ2) is 7.11. The van der Waals surface area contributed by atoms with Crippen molar-refractivity contribution >= 4 is 11.8 Å². The fourth-order valence-electron chi connectivity index (χ4n) is 2.48. The molecule has 0 aliphatic carbocycles. The first-order chi connectivity index (χ1) is 10.1. The van der Waals surface area contributed by atoms with E-state index in [-0.39, 0.29) is 18.4 Å². The number of rotatable bonds is 4. The topological polar surface area (TPSA) is 67.4 Å². The molecule has 2 amide bonds. The number of nitrogens with one attached hydrogen (secondary N) is 2. The summed E-state index contributed by atoms with van der Waals surface area (Å²) in [4.78, 5) is 23.7. The Hall–Kier alpha value is -2.04. The number of para-hydroxylation sites is 1. The first-order valence-corrected chi connectivity index (χ1v) is 7.34. The molecule has 1 aromatic carbocycles. The zero-order valence-electron chi connectivity index (χ0n) is 12.6. The maximum atomic E-state index is 11.9. The molecule has 2 N–H and O–H groups in total. The van der Waals surface area contributed by atoms with E-state index < -0.39 is 6.04 Å². The summed E-state index contributed by atoms with van der Waals surface area (Å²) < 4.78 is 5.59. The Morgan fingerprint density at radius 3 is 2.76 bits per heavy atom. The van der Waals surface area contributed by atoms with Gasteiger partial charge in [-0.15, -0.1) is 0 Å². The van der Waals surface area contributed by atoms with Crippen LogP contribution >= 0.6 is 0 Å². The SMILES string of the molecule is Cc1cccc(C)c1OCC(=O)N[C@H]1CCCCNC1=O. The molecular formula is C16H22N2O3. The summed E-state index contributed by atoms with van der Waals surface area (Å²) in [5, 5.41) is 5.54. The monoisotopic (exact) mass is 290 g/mol. The van der Waals surface area contributed by atoms with Gasteiger partial charge in [-0.1, -0.05) is 18.2 Å². The van der Waals surface area contributed by atoms with E-state index in [2.05, 4.69) is 10.6 Å². The van der Waals surface area contributed by atoms with Crippen LogP contribution in [0.15, 0.2) is 18.2 Å². The lowest BCUT2D eigenvalue weighted by Crippen LogP contribution is -2.46. The Morgan fingerprint density at radius 2 is 2.05 bits per heavy atom. The predicted octanol–water partition coefficient (Wildman–Crippen LogP) is 1.47. The van der Waals surface area contributed by atoms with Gasteiger partial charge in [-0.05, 0) is 44.2 Å². The van der Waals surface area contributed by atoms with Gasteiger partial charge in [0.2, 0.25) is 5.91 Å². The second-order valence-corrected chi connectivity index (χ2v) is 5.42. The Morgan fingerprint density at radius 1 is 1.33 bits per heavy atom. The van der Waals surface area contributed by atoms with Crippen LogP contribution in [0.5, 0.6) is 5.75 Å². The van der Waals surface area contributed by atoms with Crippen LogP contribution < -0.4 is 15.4 Å². The molecule has 1 aliphatic rings. The summed E-state index contributed by atoms with van der Waals surface area (Å²) in [7, 11) is 0. The third-order valence-electron chi connectivity index (χ3n) is 3.63. The normalized spacial score (nSPS) is 18.6. The minimum absolute atomic E-state index is 0.0739. The van der Waals surface area contributed by atoms with Gasteiger partial charge in [-0.2, -0.15) is 0 Å². The van der Waals surface area contributed by atoms with Crippen molar-refractivity contribution in [3.05, 3.63) is 29.3 Å². The van der Waals surface area contributed by atoms with Crippen molar-refractivity contribution in [2.75, 3.05) is 13.2 Å². The van der Waals surface area contributed by atoms with Crippen molar-refractivity contribution in [2.24, 2.45) is 0 Å². The van der Waals surface area contributed by atoms with Crippen molar-refractivity contribution in [2.45, 2.75) is 39.2 Å². The molecule has 21 heavy (non-hydrogen) atoms. The van der Waals surface area contributed by atoms with Gasteiger partial charge in [0.25, 0.3) is 5.91 Å². The molecule has 0 bridgehead atoms. The molecule has 0 spiro atoms. The third kappa shape index (κ3) is 4.21. The van der Waals surface area contributed by atoms with Crippen LogP contribution in [-0.2, 0) is 9.59 Å². The van der Waals surface area contributed by atoms with Gasteiger partial charge in [0.05, 0.1) is 0 Å². The molecule has 5 heteroatoms. The highest BCUT2D eigenvalue weighted by atomic mass is 16.5. The number of ether oxygens (including phenoxy) is 1. The number of hydrogen-bond donors (Lipinski definition) is 2. The summed E-state index contributed by atoms with van der Waals surface area (Å²) in [5.41, 5.74) is 1.99. The zero-order chi connectivity index (χ0) is 15.2. The lowest BCUT2D eigenvalue weighted by molar-refractivity contribution is -0.129. The van der Waals surface area contributed by atoms with E-state index in [1.807, 2.05) is 32.0 Å². The van der Waals surface area contributed by atoms with Crippen molar-refractivity contribution in [1.82, 2.24) is 10.6 Å². The summed E-state index contributed by atoms with van der Waals surface area (Å²) in [6.07, 6.45) is 2.57. The molecule has 2 rings (SSSR count). The fourth-order valence-corrected chi connectivity index (χ4v) is 2.48. The molecule has 1 saturated heterocycles. The molecule has 1 fully saturated rings. The highest BCUT2D eigenvalue weighted by molar-refractivity contribution is 5.88. The van der Waals surface area contributed by atoms with Crippen LogP contribution in [0.2, 0.25) is 0 Å². The van der Waals surface area contributed by atoms with Crippen LogP contribution in [0.25, 0.3) is 0 Å². The lowest BCUT2D eigenvalue weighted by atomic mass is 10.1. The Balaban J connectivity index is 1.88. The van der Waals surface area contributed by atoms with Gasteiger partial charge in [-0.3, -0.25) is 9.59 Å². The van der Waals surface area contributed by atoms with Crippen LogP contribution in [-0.4, -0.2) is 31.0 Å². The molecule has 0 unspecified atom stereocenters. The zero-order valence-corrected chi connectivity index (χ0v) is 12.6. The van der Waals surface area contributed by atoms with Crippen molar-refractivity contribution in [1.29, 1.82) is 0 Å². The van der Waals surface area contributed by atoms with Crippen LogP contribution in [0.1, 0.15) is 30.4 Å². The molecule has 114 valence electrons. The maximum Gasteiger partial charge on any atom is 0.258 e.